The molecule has 2 aromatic rings. The van der Waals surface area contributed by atoms with Crippen molar-refractivity contribution in [3.8, 4) is 11.5 Å². The summed E-state index contributed by atoms with van der Waals surface area (Å²) in [5.41, 5.74) is 2.00. The van der Waals surface area contributed by atoms with E-state index in [1.165, 1.54) is 0 Å². The second kappa shape index (κ2) is 9.25. The van der Waals surface area contributed by atoms with E-state index in [0.29, 0.717) is 6.61 Å². The minimum absolute atomic E-state index is 0.0894. The molecule has 0 spiro atoms. The van der Waals surface area contributed by atoms with Crippen molar-refractivity contribution in [2.75, 3.05) is 32.7 Å². The minimum atomic E-state index is -0.169. The predicted octanol–water partition coefficient (Wildman–Crippen LogP) is 2.16. The van der Waals surface area contributed by atoms with Crippen LogP contribution in [0.25, 0.3) is 0 Å². The lowest BCUT2D eigenvalue weighted by atomic mass is 10.1. The predicted molar refractivity (Wildman–Crippen MR) is 104 cm³/mol. The molecular formula is C21H29N2O3+. The summed E-state index contributed by atoms with van der Waals surface area (Å²) in [6.07, 6.45) is 0. The fourth-order valence-electron chi connectivity index (χ4n) is 2.85. The largest absolute Gasteiger partial charge is 0.493 e. The first-order valence-corrected chi connectivity index (χ1v) is 8.92. The number of likely N-dealkylation sites (N-methyl/N-ethyl adjacent to an activating group) is 2. The van der Waals surface area contributed by atoms with Crippen LogP contribution < -0.4 is 19.3 Å². The van der Waals surface area contributed by atoms with Gasteiger partial charge in [0, 0.05) is 18.3 Å². The highest BCUT2D eigenvalue weighted by Gasteiger charge is 2.26. The van der Waals surface area contributed by atoms with E-state index in [1.807, 2.05) is 76.5 Å². The first-order valence-electron chi connectivity index (χ1n) is 8.92. The summed E-state index contributed by atoms with van der Waals surface area (Å²) in [7, 11) is 5.49. The molecule has 2 aromatic carbocycles. The number of methoxy groups -OCH3 is 1. The van der Waals surface area contributed by atoms with E-state index in [1.54, 1.807) is 12.0 Å². The van der Waals surface area contributed by atoms with E-state index in [9.17, 15) is 4.79 Å². The minimum Gasteiger partial charge on any atom is -0.493 e. The van der Waals surface area contributed by atoms with Crippen LogP contribution in [-0.2, 0) is 11.3 Å². The molecule has 1 N–H and O–H groups in total. The van der Waals surface area contributed by atoms with Crippen LogP contribution >= 0.6 is 0 Å². The summed E-state index contributed by atoms with van der Waals surface area (Å²) in [4.78, 5) is 15.6. The third-order valence-corrected chi connectivity index (χ3v) is 4.59. The van der Waals surface area contributed by atoms with Gasteiger partial charge in [0.1, 0.15) is 6.54 Å². The number of carbonyl (C=O) groups is 1. The van der Waals surface area contributed by atoms with Gasteiger partial charge in [0.05, 0.1) is 20.8 Å². The second-order valence-electron chi connectivity index (χ2n) is 6.40. The Bertz CT molecular complexity index is 718. The van der Waals surface area contributed by atoms with Gasteiger partial charge in [-0.05, 0) is 44.2 Å². The number of anilines is 1. The number of carbonyl (C=O) groups excluding carboxylic acids is 1. The number of benzene rings is 2. The van der Waals surface area contributed by atoms with Crippen LogP contribution in [0, 0.1) is 0 Å². The van der Waals surface area contributed by atoms with Gasteiger partial charge in [0.15, 0.2) is 17.5 Å². The standard InChI is InChI=1S/C21H28N2O3/c1-6-26-19-13-12-17(14-20(19)25-5)15-22(3)16(2)21(24)23(4)18-10-8-7-9-11-18/h7-14,16H,6,15H2,1-5H3/p+1/t16-/m0/s1. The van der Waals surface area contributed by atoms with Crippen molar-refractivity contribution in [3.63, 3.8) is 0 Å². The first-order chi connectivity index (χ1) is 12.5. The van der Waals surface area contributed by atoms with Crippen molar-refractivity contribution in [2.45, 2.75) is 26.4 Å². The van der Waals surface area contributed by atoms with Crippen molar-refractivity contribution in [2.24, 2.45) is 0 Å². The smallest absolute Gasteiger partial charge is 0.284 e. The van der Waals surface area contributed by atoms with Crippen LogP contribution in [-0.4, -0.2) is 39.8 Å². The lowest BCUT2D eigenvalue weighted by Gasteiger charge is -2.26. The molecule has 1 unspecified atom stereocenters. The van der Waals surface area contributed by atoms with E-state index in [2.05, 4.69) is 0 Å². The maximum atomic E-state index is 12.8. The first kappa shape index (κ1) is 19.8. The van der Waals surface area contributed by atoms with Crippen LogP contribution in [0.5, 0.6) is 11.5 Å². The molecule has 0 bridgehead atoms. The maximum Gasteiger partial charge on any atom is 0.284 e. The number of amides is 1. The molecule has 2 rings (SSSR count). The Balaban J connectivity index is 2.06. The highest BCUT2D eigenvalue weighted by molar-refractivity contribution is 5.95. The molecular weight excluding hydrogens is 328 g/mol. The van der Waals surface area contributed by atoms with Crippen molar-refractivity contribution in [1.29, 1.82) is 0 Å². The normalized spacial score (nSPS) is 13.0. The molecule has 0 aliphatic heterocycles. The highest BCUT2D eigenvalue weighted by atomic mass is 16.5. The van der Waals surface area contributed by atoms with Crippen LogP contribution in [0.4, 0.5) is 5.69 Å². The van der Waals surface area contributed by atoms with E-state index in [0.717, 1.165) is 34.2 Å². The van der Waals surface area contributed by atoms with Crippen LogP contribution in [0.3, 0.4) is 0 Å². The number of para-hydroxylation sites is 1. The Morgan fingerprint density at radius 1 is 1.15 bits per heavy atom. The van der Waals surface area contributed by atoms with Gasteiger partial charge in [0.2, 0.25) is 0 Å². The summed E-state index contributed by atoms with van der Waals surface area (Å²) < 4.78 is 11.0. The number of nitrogens with zero attached hydrogens (tertiary/aromatic N) is 1. The molecule has 0 aliphatic carbocycles. The topological polar surface area (TPSA) is 43.2 Å². The monoisotopic (exact) mass is 357 g/mol. The number of quaternary nitrogens is 1. The Morgan fingerprint density at radius 3 is 2.46 bits per heavy atom. The SMILES string of the molecule is CCOc1ccc(C[NH+](C)[C@@H](C)C(=O)N(C)c2ccccc2)cc1OC. The van der Waals surface area contributed by atoms with Gasteiger partial charge >= 0.3 is 0 Å². The summed E-state index contributed by atoms with van der Waals surface area (Å²) in [5.74, 6) is 1.55. The number of hydrogen-bond donors (Lipinski definition) is 1. The number of hydrogen-bond acceptors (Lipinski definition) is 3. The average Bonchev–Trinajstić information content (AvgIpc) is 2.68. The van der Waals surface area contributed by atoms with Gasteiger partial charge in [-0.15, -0.1) is 0 Å². The quantitative estimate of drug-likeness (QED) is 0.787. The van der Waals surface area contributed by atoms with Crippen LogP contribution in [0.2, 0.25) is 0 Å². The third kappa shape index (κ3) is 4.76. The molecule has 0 radical (unpaired) electrons. The van der Waals surface area contributed by atoms with E-state index >= 15 is 0 Å². The van der Waals surface area contributed by atoms with Gasteiger partial charge in [-0.2, -0.15) is 0 Å². The van der Waals surface area contributed by atoms with E-state index in [-0.39, 0.29) is 11.9 Å². The summed E-state index contributed by atoms with van der Waals surface area (Å²) >= 11 is 0. The number of rotatable bonds is 8. The zero-order valence-electron chi connectivity index (χ0n) is 16.3. The molecule has 5 nitrogen and oxygen atoms in total. The summed E-state index contributed by atoms with van der Waals surface area (Å²) in [6.45, 7) is 5.22. The maximum absolute atomic E-state index is 12.8. The lowest BCUT2D eigenvalue weighted by molar-refractivity contribution is -0.908. The number of nitrogens with one attached hydrogen (secondary N) is 1. The van der Waals surface area contributed by atoms with Crippen molar-refractivity contribution in [3.05, 3.63) is 54.1 Å². The van der Waals surface area contributed by atoms with Crippen LogP contribution in [0.15, 0.2) is 48.5 Å². The number of ether oxygens (including phenoxy) is 2. The molecule has 0 aromatic heterocycles. The molecule has 5 heteroatoms. The lowest BCUT2D eigenvalue weighted by Crippen LogP contribution is -3.12. The zero-order valence-corrected chi connectivity index (χ0v) is 16.3. The Hall–Kier alpha value is -2.53. The van der Waals surface area contributed by atoms with E-state index < -0.39 is 0 Å². The fraction of sp³-hybridized carbons (Fsp3) is 0.381. The Morgan fingerprint density at radius 2 is 1.85 bits per heavy atom. The molecule has 2 atom stereocenters. The van der Waals surface area contributed by atoms with Crippen molar-refractivity contribution >= 4 is 11.6 Å². The average molecular weight is 357 g/mol. The molecule has 0 saturated carbocycles. The zero-order chi connectivity index (χ0) is 19.1. The van der Waals surface area contributed by atoms with Crippen LogP contribution in [0.1, 0.15) is 19.4 Å². The Kier molecular flexibility index (Phi) is 7.04. The van der Waals surface area contributed by atoms with Gasteiger partial charge in [-0.1, -0.05) is 18.2 Å². The molecule has 0 fully saturated rings. The van der Waals surface area contributed by atoms with Gasteiger partial charge in [0.25, 0.3) is 5.91 Å². The summed E-state index contributed by atoms with van der Waals surface area (Å²) in [5, 5.41) is 0. The van der Waals surface area contributed by atoms with E-state index in [4.69, 9.17) is 9.47 Å². The van der Waals surface area contributed by atoms with Gasteiger partial charge in [-0.25, -0.2) is 0 Å². The Labute approximate surface area is 156 Å². The van der Waals surface area contributed by atoms with Gasteiger partial charge < -0.3 is 19.3 Å². The molecule has 26 heavy (non-hydrogen) atoms. The molecule has 0 saturated heterocycles. The molecule has 0 aliphatic rings. The summed E-state index contributed by atoms with van der Waals surface area (Å²) in [6, 6.07) is 15.5. The molecule has 1 amide bonds. The van der Waals surface area contributed by atoms with Crippen molar-refractivity contribution < 1.29 is 19.2 Å². The fourth-order valence-corrected chi connectivity index (χ4v) is 2.85. The highest BCUT2D eigenvalue weighted by Crippen LogP contribution is 2.27. The third-order valence-electron chi connectivity index (χ3n) is 4.59. The second-order valence-corrected chi connectivity index (χ2v) is 6.40. The molecule has 0 heterocycles. The van der Waals surface area contributed by atoms with Gasteiger partial charge in [-0.3, -0.25) is 4.79 Å². The molecule has 140 valence electrons. The van der Waals surface area contributed by atoms with Crippen molar-refractivity contribution in [1.82, 2.24) is 0 Å².